The van der Waals surface area contributed by atoms with Crippen LogP contribution < -0.4 is 92.8 Å². The van der Waals surface area contributed by atoms with Crippen LogP contribution in [0.5, 0.6) is 0 Å². The molecule has 0 saturated carbocycles. The maximum Gasteiger partial charge on any atom is 0.494 e. The van der Waals surface area contributed by atoms with E-state index in [9.17, 15) is 4.79 Å². The minimum atomic E-state index is -1.13. The molecule has 0 aromatic heterocycles. The molecule has 0 radical (unpaired) electrons. The second-order valence-electron chi connectivity index (χ2n) is 36.9. The zero-order valence-corrected chi connectivity index (χ0v) is 94.1. The van der Waals surface area contributed by atoms with E-state index in [4.69, 9.17) is 31.6 Å². The fourth-order valence-electron chi connectivity index (χ4n) is 17.3. The predicted molar refractivity (Wildman–Crippen MR) is 576 cm³/mol. The number of esters is 1. The van der Waals surface area contributed by atoms with Crippen LogP contribution >= 0.6 is 80.7 Å². The summed E-state index contributed by atoms with van der Waals surface area (Å²) in [6, 6.07) is 89.8. The average Bonchev–Trinajstić information content (AvgIpc) is 1.61. The lowest BCUT2D eigenvalue weighted by molar-refractivity contribution is -0.403. The molecule has 17 rings (SSSR count). The average molecular weight is 2380 g/mol. The summed E-state index contributed by atoms with van der Waals surface area (Å²) in [5, 5.41) is 8.76. The summed E-state index contributed by atoms with van der Waals surface area (Å²) < 4.78 is 25.8. The van der Waals surface area contributed by atoms with Gasteiger partial charge in [0.25, 0.3) is 0 Å². The van der Waals surface area contributed by atoms with E-state index in [-0.39, 0.29) is 127 Å². The highest BCUT2D eigenvalue weighted by Crippen LogP contribution is 2.50. The number of cyclic esters (lactones) is 1. The van der Waals surface area contributed by atoms with Crippen molar-refractivity contribution in [3.8, 4) is 0 Å². The Morgan fingerprint density at radius 1 is 0.481 bits per heavy atom. The van der Waals surface area contributed by atoms with Crippen molar-refractivity contribution in [2.45, 2.75) is 168 Å². The Balaban J connectivity index is 0.000000227. The molecule has 7 aliphatic heterocycles. The van der Waals surface area contributed by atoms with Crippen molar-refractivity contribution in [3.05, 3.63) is 395 Å². The summed E-state index contributed by atoms with van der Waals surface area (Å²) in [5.41, 5.74) is 45.0. The zero-order valence-electron chi connectivity index (χ0n) is 80.9. The van der Waals surface area contributed by atoms with Crippen molar-refractivity contribution in [3.63, 3.8) is 0 Å². The molecule has 135 heavy (non-hydrogen) atoms. The highest BCUT2D eigenvalue weighted by molar-refractivity contribution is 9.14. The molecule has 0 aliphatic carbocycles. The maximum absolute atomic E-state index is 10.5. The molecule has 7 aliphatic rings. The first kappa shape index (κ1) is 114. The number of hydrogen-bond acceptors (Lipinski definition) is 11. The number of nitrogens with zero attached hydrogens (tertiary/aromatic N) is 6. The maximum atomic E-state index is 10.5. The normalized spacial score (nSPS) is 18.3. The van der Waals surface area contributed by atoms with Gasteiger partial charge < -0.3 is 107 Å². The molecule has 1 atom stereocenters. The number of likely N-dealkylation sites (N-methyl/N-ethyl adjacent to an activating group) is 2. The van der Waals surface area contributed by atoms with E-state index >= 15 is 0 Å². The minimum absolute atomic E-state index is 0. The first-order valence-corrected chi connectivity index (χ1v) is 47.5. The molecule has 23 heteroatoms. The molecule has 10 aromatic carbocycles. The Bertz CT molecular complexity index is 6170. The molecule has 0 amide bonds. The van der Waals surface area contributed by atoms with Gasteiger partial charge in [-0.3, -0.25) is 4.99 Å². The van der Waals surface area contributed by atoms with E-state index in [2.05, 4.69) is 461 Å². The predicted octanol–water partition coefficient (Wildman–Crippen LogP) is 16.7. The van der Waals surface area contributed by atoms with Gasteiger partial charge >= 0.3 is 13.1 Å². The lowest BCUT2D eigenvalue weighted by Crippen LogP contribution is -3.00. The number of aliphatic imine (C=N–C) groups is 1. The topological polar surface area (TPSA) is 171 Å². The highest BCUT2D eigenvalue weighted by Gasteiger charge is 2.52. The summed E-state index contributed by atoms with van der Waals surface area (Å²) in [6.45, 7) is 34.5. The van der Waals surface area contributed by atoms with Crippen molar-refractivity contribution < 1.29 is 98.0 Å². The molecule has 1 fully saturated rings. The second kappa shape index (κ2) is 49.5. The smallest absolute Gasteiger partial charge is 0.494 e. The third-order valence-electron chi connectivity index (χ3n) is 26.1. The van der Waals surface area contributed by atoms with Crippen LogP contribution in [0.3, 0.4) is 0 Å². The number of ether oxygens (including phenoxy) is 1. The number of allylic oxidation sites excluding steroid dienone is 14. The molecular formula is C112H128BBr5ClI2N9O5. The summed E-state index contributed by atoms with van der Waals surface area (Å²) in [5.74, 6) is -0.547. The van der Waals surface area contributed by atoms with Crippen LogP contribution in [0, 0.1) is 0 Å². The van der Waals surface area contributed by atoms with Crippen molar-refractivity contribution in [2.75, 3.05) is 50.8 Å². The van der Waals surface area contributed by atoms with Crippen molar-refractivity contribution in [1.82, 2.24) is 0 Å². The molecule has 7 heterocycles. The van der Waals surface area contributed by atoms with Crippen LogP contribution in [-0.2, 0) is 65.4 Å². The van der Waals surface area contributed by atoms with E-state index < -0.39 is 12.3 Å². The number of rotatable bonds is 14. The van der Waals surface area contributed by atoms with Crippen LogP contribution in [0.4, 0.5) is 39.8 Å². The Morgan fingerprint density at radius 3 is 1.26 bits per heavy atom. The van der Waals surface area contributed by atoms with Gasteiger partial charge in [0.2, 0.25) is 23.4 Å². The zero-order chi connectivity index (χ0) is 95.1. The molecule has 1 saturated heterocycles. The number of benzene rings is 10. The standard InChI is InChI=1S/C34H38N3.C27H30BrN2.C16H14BrN.C13H20BNO2.C12H16N.C6H7N.C4H2Br2O3.BrH.ClH.2HI/c1-33(2)27-11-7-9-13-29(27)36(5)31(33)21-19-26(25-17-15-24(23-35)16-18-25)20-22-32-34(3,4)28-12-8-10-14-30(28)37(32)6;1-26(2)20-11-7-9-13-22(20)29(5)24(26)17-15-19(28)16-18-25-27(3,4)21-12-8-10-14-23(21)30(25)6;17-15(12-11-14-7-3-1-4-8-14)13-18-16-9-5-2-6-10-16;1-12(2)13(3,4)17-14(16-12)11-7-5-10(9-15)6-8-11;1-9-12(2,3)10-7-5-6-8-11(10)13(9)4;7-6-4-2-1-3-5-6;5-1-2(6)4(8)9-3(1)7;;;;/h7-22H,23,35H2,1-6H3;7-18H,1-6H3;1-10,12-13H,11H2;5-8H,9,15H2,1-4H3;5-8H,1-4H3;1-5H,7H2;3,7H;4*1H/q2*+1;;;+1;;;;;;/p-3/b;;15-12-,18-13?;;;;;;;;. The molecule has 0 bridgehead atoms. The lowest BCUT2D eigenvalue weighted by Gasteiger charge is -2.32. The van der Waals surface area contributed by atoms with Gasteiger partial charge in [0.1, 0.15) is 25.6 Å². The number of hydrogen-bond donors (Lipinski definition) is 4. The number of carbonyl (C=O) groups is 1. The quantitative estimate of drug-likeness (QED) is 0.0156. The number of nitrogens with two attached hydrogens (primary N) is 3. The third kappa shape index (κ3) is 26.8. The molecular weight excluding hydrogens is 2250 g/mol. The second-order valence-corrected chi connectivity index (χ2v) is 40.4. The number of halogens is 8. The summed E-state index contributed by atoms with van der Waals surface area (Å²) >= 11 is 13.1. The summed E-state index contributed by atoms with van der Waals surface area (Å²) in [6.07, 6.45) is 21.6. The summed E-state index contributed by atoms with van der Waals surface area (Å²) in [4.78, 5) is 19.5. The SMILES string of the molecule is Br.Br/C(C=Nc1ccccc1)=C\Cc1ccccc1.CC1(C)OB(c2ccc(CN)cc2)OC1(C)C.CC1=[N+](C)c2ccccc2C1(C)C.CN1C(=CC=C(Br)C=CC2=[N+](C)c3ccccc3C2(C)C)C(C)(C)c2ccccc21.CN1C(=CC=C(C=CC2=[N+](C)c3ccccc3C2(C)C)c2ccc(CN)cc2)C(C)(C)c2ccccc21.Nc1ccccc1.O=C1OC(O)C(Br)=C1Br.[Cl-].[I-].[I-]. The largest absolute Gasteiger partial charge is 1.00 e. The van der Waals surface area contributed by atoms with E-state index in [1.165, 1.54) is 101 Å². The molecule has 0 spiro atoms. The number of aliphatic hydroxyl groups excluding tert-OH is 1. The Morgan fingerprint density at radius 2 is 0.867 bits per heavy atom. The number of carbonyl (C=O) groups excluding carboxylic acids is 1. The number of fused-ring (bicyclic) bond motifs is 5. The Hall–Kier alpha value is -8.32. The van der Waals surface area contributed by atoms with Gasteiger partial charge in [-0.1, -0.05) is 262 Å². The number of aliphatic hydroxyl groups is 1. The Labute approximate surface area is 887 Å². The highest BCUT2D eigenvalue weighted by atomic mass is 127. The number of para-hydroxylation sites is 7. The van der Waals surface area contributed by atoms with Crippen LogP contribution in [-0.4, -0.2) is 108 Å². The van der Waals surface area contributed by atoms with Gasteiger partial charge in [-0.15, -0.1) is 17.0 Å². The van der Waals surface area contributed by atoms with Gasteiger partial charge in [0.05, 0.1) is 37.6 Å². The first-order valence-electron chi connectivity index (χ1n) is 44.4. The monoisotopic (exact) mass is 2370 g/mol. The fourth-order valence-corrected chi connectivity index (χ4v) is 18.3. The van der Waals surface area contributed by atoms with Gasteiger partial charge in [-0.05, 0) is 235 Å². The van der Waals surface area contributed by atoms with Crippen molar-refractivity contribution >= 4 is 168 Å². The van der Waals surface area contributed by atoms with Crippen molar-refractivity contribution in [1.29, 1.82) is 0 Å². The third-order valence-corrected chi connectivity index (χ3v) is 29.2. The molecule has 10 aromatic rings. The van der Waals surface area contributed by atoms with Gasteiger partial charge in [-0.2, -0.15) is 9.15 Å². The Kier molecular flexibility index (Phi) is 41.7. The van der Waals surface area contributed by atoms with Crippen LogP contribution in [0.1, 0.15) is 154 Å². The minimum Gasteiger partial charge on any atom is -1.00 e. The van der Waals surface area contributed by atoms with Gasteiger partial charge in [-0.25, -0.2) is 9.37 Å². The van der Waals surface area contributed by atoms with E-state index in [1.54, 1.807) is 0 Å². The molecule has 1 unspecified atom stereocenters. The van der Waals surface area contributed by atoms with Gasteiger partial charge in [0.15, 0.2) is 17.1 Å². The molecule has 710 valence electrons. The number of nitrogen functional groups attached to an aromatic ring is 1. The van der Waals surface area contributed by atoms with Crippen LogP contribution in [0.15, 0.2) is 350 Å². The van der Waals surface area contributed by atoms with Crippen molar-refractivity contribution in [2.24, 2.45) is 16.5 Å². The fraction of sp³-hybridized carbons (Fsp3) is 0.277. The molecule has 14 nitrogen and oxygen atoms in total. The van der Waals surface area contributed by atoms with Gasteiger partial charge in [0, 0.05) is 136 Å². The van der Waals surface area contributed by atoms with E-state index in [1.807, 2.05) is 97.2 Å². The first-order chi connectivity index (χ1) is 62.1. The van der Waals surface area contributed by atoms with Crippen LogP contribution in [0.2, 0.25) is 0 Å². The number of anilines is 3. The van der Waals surface area contributed by atoms with Crippen LogP contribution in [0.25, 0.3) is 5.57 Å². The van der Waals surface area contributed by atoms with E-state index in [0.29, 0.717) is 17.6 Å². The lowest BCUT2D eigenvalue weighted by atomic mass is 9.79. The van der Waals surface area contributed by atoms with E-state index in [0.717, 1.165) is 43.4 Å². The summed E-state index contributed by atoms with van der Waals surface area (Å²) in [7, 11) is 10.5. The molecule has 7 N–H and O–H groups in total.